The van der Waals surface area contributed by atoms with E-state index in [9.17, 15) is 0 Å². The van der Waals surface area contributed by atoms with E-state index in [0.29, 0.717) is 10.8 Å². The van der Waals surface area contributed by atoms with Crippen LogP contribution in [-0.4, -0.2) is 6.54 Å². The van der Waals surface area contributed by atoms with Crippen molar-refractivity contribution in [1.29, 1.82) is 0 Å². The summed E-state index contributed by atoms with van der Waals surface area (Å²) in [5, 5.41) is 4.01. The molecule has 2 aromatic carbocycles. The first kappa shape index (κ1) is 16.3. The molecule has 0 bridgehead atoms. The molecular weight excluding hydrogens is 350 g/mol. The van der Waals surface area contributed by atoms with Crippen molar-refractivity contribution < 1.29 is 4.74 Å². The minimum absolute atomic E-state index is 0.603. The van der Waals surface area contributed by atoms with E-state index in [1.54, 1.807) is 0 Å². The molecule has 2 aromatic rings. The van der Waals surface area contributed by atoms with Crippen molar-refractivity contribution in [2.24, 2.45) is 0 Å². The zero-order chi connectivity index (χ0) is 15.2. The van der Waals surface area contributed by atoms with Crippen LogP contribution >= 0.6 is 27.5 Å². The number of hydrogen-bond acceptors (Lipinski definition) is 2. The lowest BCUT2D eigenvalue weighted by Gasteiger charge is -2.14. The van der Waals surface area contributed by atoms with Crippen molar-refractivity contribution in [2.75, 3.05) is 6.54 Å². The van der Waals surface area contributed by atoms with Gasteiger partial charge in [0.25, 0.3) is 0 Å². The lowest BCUT2D eigenvalue weighted by atomic mass is 10.1. The van der Waals surface area contributed by atoms with Crippen LogP contribution in [0.4, 0.5) is 0 Å². The van der Waals surface area contributed by atoms with Crippen molar-refractivity contribution in [3.63, 3.8) is 0 Å². The van der Waals surface area contributed by atoms with E-state index in [4.69, 9.17) is 16.3 Å². The fourth-order valence-electron chi connectivity index (χ4n) is 2.02. The predicted molar refractivity (Wildman–Crippen MR) is 92.4 cm³/mol. The molecule has 112 valence electrons. The van der Waals surface area contributed by atoms with E-state index in [-0.39, 0.29) is 0 Å². The van der Waals surface area contributed by atoms with Crippen molar-refractivity contribution in [1.82, 2.24) is 5.32 Å². The molecule has 0 aliphatic carbocycles. The molecule has 0 amide bonds. The fraction of sp³-hybridized carbons (Fsp3) is 0.294. The van der Waals surface area contributed by atoms with Crippen LogP contribution in [0.5, 0.6) is 11.5 Å². The van der Waals surface area contributed by atoms with E-state index < -0.39 is 0 Å². The van der Waals surface area contributed by atoms with Gasteiger partial charge in [0.1, 0.15) is 11.5 Å². The Hall–Kier alpha value is -1.03. The Balaban J connectivity index is 2.24. The van der Waals surface area contributed by atoms with Crippen LogP contribution in [0.1, 0.15) is 24.5 Å². The van der Waals surface area contributed by atoms with Crippen molar-refractivity contribution in [3.8, 4) is 11.5 Å². The number of ether oxygens (including phenoxy) is 1. The van der Waals surface area contributed by atoms with Gasteiger partial charge in [-0.2, -0.15) is 0 Å². The molecule has 0 heterocycles. The first-order chi connectivity index (χ1) is 10.1. The normalized spacial score (nSPS) is 10.7. The molecule has 0 spiro atoms. The SMILES string of the molecule is CCCNCc1cc(C)ccc1Oc1cc(Br)ccc1Cl. The molecule has 0 fully saturated rings. The maximum absolute atomic E-state index is 6.20. The molecule has 0 atom stereocenters. The van der Waals surface area contributed by atoms with Crippen LogP contribution in [0.2, 0.25) is 5.02 Å². The van der Waals surface area contributed by atoms with Crippen molar-refractivity contribution in [2.45, 2.75) is 26.8 Å². The summed E-state index contributed by atoms with van der Waals surface area (Å²) in [5.41, 5.74) is 2.36. The molecule has 0 aromatic heterocycles. The van der Waals surface area contributed by atoms with Gasteiger partial charge in [0.15, 0.2) is 0 Å². The van der Waals surface area contributed by atoms with Crippen LogP contribution in [0, 0.1) is 6.92 Å². The van der Waals surface area contributed by atoms with Crippen LogP contribution in [0.15, 0.2) is 40.9 Å². The standard InChI is InChI=1S/C17H19BrClNO/c1-3-8-20-11-13-9-12(2)4-7-16(13)21-17-10-14(18)5-6-15(17)19/h4-7,9-10,20H,3,8,11H2,1-2H3. The third-order valence-corrected chi connectivity index (χ3v) is 3.88. The van der Waals surface area contributed by atoms with Crippen LogP contribution < -0.4 is 10.1 Å². The van der Waals surface area contributed by atoms with Gasteiger partial charge < -0.3 is 10.1 Å². The molecule has 1 N–H and O–H groups in total. The van der Waals surface area contributed by atoms with Gasteiger partial charge in [-0.15, -0.1) is 0 Å². The number of benzene rings is 2. The maximum Gasteiger partial charge on any atom is 0.147 e. The Morgan fingerprint density at radius 2 is 1.95 bits per heavy atom. The number of hydrogen-bond donors (Lipinski definition) is 1. The van der Waals surface area contributed by atoms with Crippen LogP contribution in [0.25, 0.3) is 0 Å². The fourth-order valence-corrected chi connectivity index (χ4v) is 2.52. The average molecular weight is 369 g/mol. The van der Waals surface area contributed by atoms with Gasteiger partial charge >= 0.3 is 0 Å². The Labute approximate surface area is 139 Å². The summed E-state index contributed by atoms with van der Waals surface area (Å²) in [6, 6.07) is 11.8. The number of rotatable bonds is 6. The van der Waals surface area contributed by atoms with Crippen molar-refractivity contribution in [3.05, 3.63) is 57.0 Å². The molecule has 0 aliphatic heterocycles. The van der Waals surface area contributed by atoms with Gasteiger partial charge in [-0.05, 0) is 44.2 Å². The molecule has 0 radical (unpaired) electrons. The van der Waals surface area contributed by atoms with E-state index in [0.717, 1.165) is 35.3 Å². The van der Waals surface area contributed by atoms with Gasteiger partial charge in [0.05, 0.1) is 5.02 Å². The summed E-state index contributed by atoms with van der Waals surface area (Å²) in [7, 11) is 0. The molecular formula is C17H19BrClNO. The van der Waals surface area contributed by atoms with Gasteiger partial charge in [-0.3, -0.25) is 0 Å². The van der Waals surface area contributed by atoms with E-state index >= 15 is 0 Å². The lowest BCUT2D eigenvalue weighted by Crippen LogP contribution is -2.14. The van der Waals surface area contributed by atoms with Crippen LogP contribution in [-0.2, 0) is 6.54 Å². The molecule has 2 rings (SSSR count). The molecule has 2 nitrogen and oxygen atoms in total. The van der Waals surface area contributed by atoms with E-state index in [1.165, 1.54) is 5.56 Å². The first-order valence-electron chi connectivity index (χ1n) is 7.03. The molecule has 4 heteroatoms. The number of aryl methyl sites for hydroxylation is 1. The van der Waals surface area contributed by atoms with Gasteiger partial charge in [0, 0.05) is 16.6 Å². The third kappa shape index (κ3) is 4.73. The molecule has 0 unspecified atom stereocenters. The molecule has 0 aliphatic rings. The van der Waals surface area contributed by atoms with Gasteiger partial charge in [0.2, 0.25) is 0 Å². The highest BCUT2D eigenvalue weighted by Crippen LogP contribution is 2.33. The second kappa shape index (κ2) is 7.83. The molecule has 0 saturated heterocycles. The average Bonchev–Trinajstić information content (AvgIpc) is 2.46. The summed E-state index contributed by atoms with van der Waals surface area (Å²) < 4.78 is 6.95. The van der Waals surface area contributed by atoms with Crippen LogP contribution in [0.3, 0.4) is 0 Å². The monoisotopic (exact) mass is 367 g/mol. The lowest BCUT2D eigenvalue weighted by molar-refractivity contribution is 0.472. The summed E-state index contributed by atoms with van der Waals surface area (Å²) in [6.07, 6.45) is 1.11. The van der Waals surface area contributed by atoms with Crippen molar-refractivity contribution >= 4 is 27.5 Å². The maximum atomic E-state index is 6.20. The smallest absolute Gasteiger partial charge is 0.147 e. The largest absolute Gasteiger partial charge is 0.455 e. The zero-order valence-electron chi connectivity index (χ0n) is 12.2. The first-order valence-corrected chi connectivity index (χ1v) is 8.20. The number of halogens is 2. The Bertz CT molecular complexity index is 616. The van der Waals surface area contributed by atoms with Gasteiger partial charge in [-0.1, -0.05) is 52.2 Å². The second-order valence-electron chi connectivity index (χ2n) is 4.96. The van der Waals surface area contributed by atoms with Gasteiger partial charge in [-0.25, -0.2) is 0 Å². The van der Waals surface area contributed by atoms with E-state index in [2.05, 4.69) is 41.2 Å². The predicted octanol–water partition coefficient (Wildman–Crippen LogP) is 5.70. The Kier molecular flexibility index (Phi) is 6.09. The highest BCUT2D eigenvalue weighted by atomic mass is 79.9. The topological polar surface area (TPSA) is 21.3 Å². The minimum Gasteiger partial charge on any atom is -0.455 e. The van der Waals surface area contributed by atoms with E-state index in [1.807, 2.05) is 30.3 Å². The Morgan fingerprint density at radius 3 is 2.71 bits per heavy atom. The summed E-state index contributed by atoms with van der Waals surface area (Å²) in [5.74, 6) is 1.50. The third-order valence-electron chi connectivity index (χ3n) is 3.07. The quantitative estimate of drug-likeness (QED) is 0.660. The summed E-state index contributed by atoms with van der Waals surface area (Å²) >= 11 is 9.64. The molecule has 0 saturated carbocycles. The highest BCUT2D eigenvalue weighted by Gasteiger charge is 2.08. The summed E-state index contributed by atoms with van der Waals surface area (Å²) in [6.45, 7) is 6.02. The zero-order valence-corrected chi connectivity index (χ0v) is 14.6. The highest BCUT2D eigenvalue weighted by molar-refractivity contribution is 9.10. The minimum atomic E-state index is 0.603. The summed E-state index contributed by atoms with van der Waals surface area (Å²) in [4.78, 5) is 0. The Morgan fingerprint density at radius 1 is 1.14 bits per heavy atom. The molecule has 21 heavy (non-hydrogen) atoms. The second-order valence-corrected chi connectivity index (χ2v) is 6.29. The number of nitrogens with one attached hydrogen (secondary N) is 1.